The van der Waals surface area contributed by atoms with Crippen molar-refractivity contribution in [2.24, 2.45) is 5.73 Å². The number of nitrogens with two attached hydrogens (primary N) is 1. The maximum Gasteiger partial charge on any atom is 0.332 e. The molecule has 118 valence electrons. The minimum atomic E-state index is -1.13. The molecular weight excluding hydrogens is 264 g/mol. The Kier molecular flexibility index (Phi) is 6.85. The summed E-state index contributed by atoms with van der Waals surface area (Å²) in [5.74, 6) is -0.369. The molecule has 0 saturated carbocycles. The summed E-state index contributed by atoms with van der Waals surface area (Å²) in [6, 6.07) is 9.84. The predicted octanol–water partition coefficient (Wildman–Crippen LogP) is 2.52. The molecule has 2 N–H and O–H groups in total. The molecule has 1 aromatic rings. The van der Waals surface area contributed by atoms with E-state index in [4.69, 9.17) is 10.5 Å². The molecule has 0 heterocycles. The van der Waals surface area contributed by atoms with Gasteiger partial charge in [-0.25, -0.2) is 4.79 Å². The first kappa shape index (κ1) is 17.7. The second-order valence-electron chi connectivity index (χ2n) is 5.61. The highest BCUT2D eigenvalue weighted by molar-refractivity contribution is 5.82. The van der Waals surface area contributed by atoms with Gasteiger partial charge in [0.15, 0.2) is 5.54 Å². The van der Waals surface area contributed by atoms with E-state index < -0.39 is 5.54 Å². The van der Waals surface area contributed by atoms with Crippen LogP contribution in [0.2, 0.25) is 0 Å². The van der Waals surface area contributed by atoms with Gasteiger partial charge in [-0.1, -0.05) is 43.7 Å². The Hall–Kier alpha value is -1.39. The van der Waals surface area contributed by atoms with Crippen molar-refractivity contribution in [1.29, 1.82) is 0 Å². The van der Waals surface area contributed by atoms with E-state index in [0.29, 0.717) is 19.2 Å². The van der Waals surface area contributed by atoms with E-state index in [0.717, 1.165) is 18.4 Å². The lowest BCUT2D eigenvalue weighted by Crippen LogP contribution is -2.54. The Morgan fingerprint density at radius 3 is 2.48 bits per heavy atom. The number of likely N-dealkylation sites (N-methyl/N-ethyl adjacent to an activating group) is 1. The third kappa shape index (κ3) is 4.55. The molecule has 0 aliphatic carbocycles. The van der Waals surface area contributed by atoms with Crippen LogP contribution in [0.4, 0.5) is 0 Å². The monoisotopic (exact) mass is 292 g/mol. The predicted molar refractivity (Wildman–Crippen MR) is 85.9 cm³/mol. The molecule has 0 radical (unpaired) electrons. The first-order chi connectivity index (χ1) is 9.95. The zero-order valence-corrected chi connectivity index (χ0v) is 13.6. The van der Waals surface area contributed by atoms with Crippen LogP contribution in [0.25, 0.3) is 0 Å². The maximum atomic E-state index is 12.4. The molecule has 21 heavy (non-hydrogen) atoms. The Labute approximate surface area is 128 Å². The van der Waals surface area contributed by atoms with E-state index in [9.17, 15) is 4.79 Å². The first-order valence-electron chi connectivity index (χ1n) is 7.67. The summed E-state index contributed by atoms with van der Waals surface area (Å²) in [5, 5.41) is 0. The van der Waals surface area contributed by atoms with E-state index in [1.807, 2.05) is 37.4 Å². The molecule has 0 fully saturated rings. The average Bonchev–Trinajstić information content (AvgIpc) is 2.48. The van der Waals surface area contributed by atoms with Crippen LogP contribution >= 0.6 is 0 Å². The van der Waals surface area contributed by atoms with E-state index in [-0.39, 0.29) is 5.97 Å². The van der Waals surface area contributed by atoms with Crippen molar-refractivity contribution in [3.63, 3.8) is 0 Å². The lowest BCUT2D eigenvalue weighted by molar-refractivity contribution is -0.151. The van der Waals surface area contributed by atoms with Crippen LogP contribution < -0.4 is 5.73 Å². The van der Waals surface area contributed by atoms with Gasteiger partial charge in [0.2, 0.25) is 0 Å². The Morgan fingerprint density at radius 2 is 1.95 bits per heavy atom. The number of benzene rings is 1. The van der Waals surface area contributed by atoms with Crippen LogP contribution in [0.15, 0.2) is 30.3 Å². The minimum absolute atomic E-state index is 0.332. The van der Waals surface area contributed by atoms with Gasteiger partial charge in [-0.15, -0.1) is 0 Å². The van der Waals surface area contributed by atoms with Crippen LogP contribution in [0.3, 0.4) is 0 Å². The lowest BCUT2D eigenvalue weighted by atomic mass is 9.90. The van der Waals surface area contributed by atoms with Crippen LogP contribution in [-0.2, 0) is 15.1 Å². The molecule has 0 aromatic heterocycles. The smallest absolute Gasteiger partial charge is 0.332 e. The zero-order valence-electron chi connectivity index (χ0n) is 13.6. The second kappa shape index (κ2) is 8.15. The van der Waals surface area contributed by atoms with Gasteiger partial charge >= 0.3 is 5.97 Å². The summed E-state index contributed by atoms with van der Waals surface area (Å²) in [5.41, 5.74) is 6.13. The van der Waals surface area contributed by atoms with Gasteiger partial charge in [-0.3, -0.25) is 0 Å². The number of ether oxygens (including phenoxy) is 1. The van der Waals surface area contributed by atoms with Gasteiger partial charge in [0.1, 0.15) is 0 Å². The number of carbonyl (C=O) groups excluding carboxylic acids is 1. The molecule has 0 amide bonds. The SMILES string of the molecule is CCCC(C)N(C)CC(N)(C(=O)OCC)c1ccccc1. The number of hydrogen-bond donors (Lipinski definition) is 1. The molecule has 0 bridgehead atoms. The van der Waals surface area contributed by atoms with Crippen molar-refractivity contribution in [2.45, 2.75) is 45.2 Å². The minimum Gasteiger partial charge on any atom is -0.464 e. The Morgan fingerprint density at radius 1 is 1.33 bits per heavy atom. The third-order valence-electron chi connectivity index (χ3n) is 3.89. The Bertz CT molecular complexity index is 436. The highest BCUT2D eigenvalue weighted by Crippen LogP contribution is 2.22. The number of esters is 1. The number of hydrogen-bond acceptors (Lipinski definition) is 4. The van der Waals surface area contributed by atoms with Gasteiger partial charge < -0.3 is 15.4 Å². The number of rotatable bonds is 8. The average molecular weight is 292 g/mol. The molecule has 0 spiro atoms. The summed E-state index contributed by atoms with van der Waals surface area (Å²) in [6.07, 6.45) is 2.18. The fourth-order valence-corrected chi connectivity index (χ4v) is 2.46. The molecule has 2 unspecified atom stereocenters. The molecule has 4 heteroatoms. The standard InChI is InChI=1S/C17H28N2O2/c1-5-10-14(3)19(4)13-17(18,16(20)21-6-2)15-11-8-7-9-12-15/h7-9,11-12,14H,5-6,10,13,18H2,1-4H3. The van der Waals surface area contributed by atoms with Gasteiger partial charge in [0.05, 0.1) is 6.61 Å². The highest BCUT2D eigenvalue weighted by atomic mass is 16.5. The normalized spacial score (nSPS) is 15.5. The molecule has 4 nitrogen and oxygen atoms in total. The largest absolute Gasteiger partial charge is 0.464 e. The summed E-state index contributed by atoms with van der Waals surface area (Å²) < 4.78 is 5.21. The molecular formula is C17H28N2O2. The van der Waals surface area contributed by atoms with Crippen molar-refractivity contribution in [3.05, 3.63) is 35.9 Å². The molecule has 0 aliphatic heterocycles. The highest BCUT2D eigenvalue weighted by Gasteiger charge is 2.39. The molecule has 1 rings (SSSR count). The third-order valence-corrected chi connectivity index (χ3v) is 3.89. The van der Waals surface area contributed by atoms with Crippen molar-refractivity contribution < 1.29 is 9.53 Å². The number of carbonyl (C=O) groups is 1. The zero-order chi connectivity index (χ0) is 15.9. The van der Waals surface area contributed by atoms with Crippen LogP contribution in [-0.4, -0.2) is 37.1 Å². The Balaban J connectivity index is 3.00. The maximum absolute atomic E-state index is 12.4. The quantitative estimate of drug-likeness (QED) is 0.748. The van der Waals surface area contributed by atoms with Gasteiger partial charge in [-0.2, -0.15) is 0 Å². The topological polar surface area (TPSA) is 55.6 Å². The van der Waals surface area contributed by atoms with Crippen LogP contribution in [0, 0.1) is 0 Å². The summed E-state index contributed by atoms with van der Waals surface area (Å²) in [4.78, 5) is 14.5. The lowest BCUT2D eigenvalue weighted by Gasteiger charge is -2.34. The fraction of sp³-hybridized carbons (Fsp3) is 0.588. The molecule has 2 atom stereocenters. The van der Waals surface area contributed by atoms with Gasteiger partial charge in [-0.05, 0) is 32.9 Å². The van der Waals surface area contributed by atoms with Crippen LogP contribution in [0.5, 0.6) is 0 Å². The molecule has 0 saturated heterocycles. The molecule has 0 aliphatic rings. The van der Waals surface area contributed by atoms with Crippen LogP contribution in [0.1, 0.15) is 39.2 Å². The van der Waals surface area contributed by atoms with Crippen molar-refractivity contribution >= 4 is 5.97 Å². The van der Waals surface area contributed by atoms with E-state index in [1.165, 1.54) is 0 Å². The van der Waals surface area contributed by atoms with Crippen molar-refractivity contribution in [3.8, 4) is 0 Å². The van der Waals surface area contributed by atoms with Gasteiger partial charge in [0, 0.05) is 12.6 Å². The summed E-state index contributed by atoms with van der Waals surface area (Å²) in [7, 11) is 2.00. The molecule has 1 aromatic carbocycles. The van der Waals surface area contributed by atoms with E-state index >= 15 is 0 Å². The van der Waals surface area contributed by atoms with Crippen molar-refractivity contribution in [2.75, 3.05) is 20.2 Å². The van der Waals surface area contributed by atoms with E-state index in [2.05, 4.69) is 18.7 Å². The first-order valence-corrected chi connectivity index (χ1v) is 7.67. The number of nitrogens with zero attached hydrogens (tertiary/aromatic N) is 1. The fourth-order valence-electron chi connectivity index (χ4n) is 2.46. The second-order valence-corrected chi connectivity index (χ2v) is 5.61. The van der Waals surface area contributed by atoms with Crippen molar-refractivity contribution in [1.82, 2.24) is 4.90 Å². The van der Waals surface area contributed by atoms with Gasteiger partial charge in [0.25, 0.3) is 0 Å². The summed E-state index contributed by atoms with van der Waals surface area (Å²) >= 11 is 0. The van der Waals surface area contributed by atoms with E-state index in [1.54, 1.807) is 6.92 Å². The summed E-state index contributed by atoms with van der Waals surface area (Å²) in [6.45, 7) is 6.88.